The van der Waals surface area contributed by atoms with E-state index in [9.17, 15) is 9.59 Å². The maximum absolute atomic E-state index is 12.7. The normalized spacial score (nSPS) is 14.7. The molecular formula is C23H24N4O2. The van der Waals surface area contributed by atoms with Gasteiger partial charge in [0, 0.05) is 42.8 Å². The SMILES string of the molecule is Cc1ccc2[nH]cc(C(C)N(C)C(=O)/C=C/c3cnc4c(c3)CCC(=O)N4)c2c1. The second-order valence-electron chi connectivity index (χ2n) is 7.58. The Kier molecular flexibility index (Phi) is 4.92. The standard InChI is InChI=1S/C23H24N4O2/c1-14-4-7-20-18(10-14)19(13-24-20)15(2)27(3)22(29)9-5-16-11-17-6-8-21(28)26-23(17)25-12-16/h4-5,7,9-13,15,24H,6,8H2,1-3H3,(H,25,26,28)/b9-5+. The van der Waals surface area contributed by atoms with Gasteiger partial charge in [0.15, 0.2) is 0 Å². The number of benzene rings is 1. The van der Waals surface area contributed by atoms with Crippen LogP contribution in [0, 0.1) is 6.92 Å². The van der Waals surface area contributed by atoms with Crippen molar-refractivity contribution in [3.8, 4) is 0 Å². The molecule has 0 spiro atoms. The van der Waals surface area contributed by atoms with Crippen LogP contribution in [0.2, 0.25) is 0 Å². The van der Waals surface area contributed by atoms with E-state index < -0.39 is 0 Å². The van der Waals surface area contributed by atoms with Gasteiger partial charge in [-0.1, -0.05) is 11.6 Å². The van der Waals surface area contributed by atoms with E-state index in [2.05, 4.69) is 40.4 Å². The number of nitrogens with zero attached hydrogens (tertiary/aromatic N) is 2. The van der Waals surface area contributed by atoms with Gasteiger partial charge in [-0.2, -0.15) is 0 Å². The summed E-state index contributed by atoms with van der Waals surface area (Å²) in [5.74, 6) is 0.530. The summed E-state index contributed by atoms with van der Waals surface area (Å²) in [5, 5.41) is 3.91. The Hall–Kier alpha value is -3.41. The fourth-order valence-corrected chi connectivity index (χ4v) is 3.65. The Bertz CT molecular complexity index is 1130. The third kappa shape index (κ3) is 3.78. The van der Waals surface area contributed by atoms with Crippen LogP contribution >= 0.6 is 0 Å². The summed E-state index contributed by atoms with van der Waals surface area (Å²) in [6.45, 7) is 4.09. The van der Waals surface area contributed by atoms with E-state index in [1.807, 2.05) is 26.2 Å². The lowest BCUT2D eigenvalue weighted by atomic mass is 10.0. The molecule has 3 heterocycles. The van der Waals surface area contributed by atoms with Crippen molar-refractivity contribution >= 4 is 34.6 Å². The first-order valence-electron chi connectivity index (χ1n) is 9.73. The van der Waals surface area contributed by atoms with Crippen molar-refractivity contribution in [2.24, 2.45) is 0 Å². The van der Waals surface area contributed by atoms with Gasteiger partial charge in [-0.3, -0.25) is 9.59 Å². The van der Waals surface area contributed by atoms with Crippen LogP contribution in [0.1, 0.15) is 41.6 Å². The summed E-state index contributed by atoms with van der Waals surface area (Å²) in [7, 11) is 1.81. The maximum Gasteiger partial charge on any atom is 0.246 e. The highest BCUT2D eigenvalue weighted by molar-refractivity contribution is 5.94. The topological polar surface area (TPSA) is 78.1 Å². The molecule has 3 aromatic rings. The quantitative estimate of drug-likeness (QED) is 0.664. The molecule has 0 saturated carbocycles. The monoisotopic (exact) mass is 388 g/mol. The van der Waals surface area contributed by atoms with Crippen LogP contribution < -0.4 is 5.32 Å². The Morgan fingerprint density at radius 3 is 2.93 bits per heavy atom. The number of aromatic nitrogens is 2. The molecule has 6 nitrogen and oxygen atoms in total. The smallest absolute Gasteiger partial charge is 0.246 e. The Morgan fingerprint density at radius 1 is 1.28 bits per heavy atom. The van der Waals surface area contributed by atoms with Crippen molar-refractivity contribution in [2.75, 3.05) is 12.4 Å². The predicted octanol–water partition coefficient (Wildman–Crippen LogP) is 3.99. The predicted molar refractivity (Wildman–Crippen MR) is 114 cm³/mol. The number of hydrogen-bond acceptors (Lipinski definition) is 3. The number of carbonyl (C=O) groups is 2. The molecule has 0 aliphatic carbocycles. The molecule has 1 atom stereocenters. The number of H-pyrrole nitrogens is 1. The van der Waals surface area contributed by atoms with Gasteiger partial charge in [-0.15, -0.1) is 0 Å². The molecule has 1 aliphatic rings. The first-order chi connectivity index (χ1) is 13.9. The zero-order valence-corrected chi connectivity index (χ0v) is 16.8. The Morgan fingerprint density at radius 2 is 2.10 bits per heavy atom. The highest BCUT2D eigenvalue weighted by Gasteiger charge is 2.19. The number of amides is 2. The molecule has 29 heavy (non-hydrogen) atoms. The van der Waals surface area contributed by atoms with Crippen LogP contribution in [0.15, 0.2) is 42.7 Å². The third-order valence-electron chi connectivity index (χ3n) is 5.53. The second-order valence-corrected chi connectivity index (χ2v) is 7.58. The summed E-state index contributed by atoms with van der Waals surface area (Å²) in [5.41, 5.74) is 5.20. The van der Waals surface area contributed by atoms with E-state index in [0.717, 1.165) is 27.6 Å². The fraction of sp³-hybridized carbons (Fsp3) is 0.261. The summed E-state index contributed by atoms with van der Waals surface area (Å²) < 4.78 is 0. The molecule has 0 fully saturated rings. The average Bonchev–Trinajstić information content (AvgIpc) is 3.13. The minimum Gasteiger partial charge on any atom is -0.361 e. The summed E-state index contributed by atoms with van der Waals surface area (Å²) >= 11 is 0. The van der Waals surface area contributed by atoms with Crippen LogP contribution in [-0.2, 0) is 16.0 Å². The van der Waals surface area contributed by atoms with Gasteiger partial charge in [0.1, 0.15) is 5.82 Å². The molecule has 0 bridgehead atoms. The van der Waals surface area contributed by atoms with E-state index in [0.29, 0.717) is 18.7 Å². The van der Waals surface area contributed by atoms with Crippen LogP contribution in [0.3, 0.4) is 0 Å². The molecule has 4 rings (SSSR count). The number of nitrogens with one attached hydrogen (secondary N) is 2. The number of likely N-dealkylation sites (N-methyl/N-ethyl adjacent to an activating group) is 1. The molecule has 2 N–H and O–H groups in total. The summed E-state index contributed by atoms with van der Waals surface area (Å²) in [6.07, 6.45) is 8.12. The summed E-state index contributed by atoms with van der Waals surface area (Å²) in [4.78, 5) is 33.5. The van der Waals surface area contributed by atoms with Crippen LogP contribution in [0.5, 0.6) is 0 Å². The maximum atomic E-state index is 12.7. The summed E-state index contributed by atoms with van der Waals surface area (Å²) in [6, 6.07) is 8.18. The van der Waals surface area contributed by atoms with Crippen molar-refractivity contribution in [2.45, 2.75) is 32.7 Å². The van der Waals surface area contributed by atoms with Gasteiger partial charge in [0.2, 0.25) is 11.8 Å². The largest absolute Gasteiger partial charge is 0.361 e. The zero-order valence-electron chi connectivity index (χ0n) is 16.8. The first-order valence-corrected chi connectivity index (χ1v) is 9.73. The lowest BCUT2D eigenvalue weighted by molar-refractivity contribution is -0.126. The zero-order chi connectivity index (χ0) is 20.5. The van der Waals surface area contributed by atoms with Gasteiger partial charge in [-0.05, 0) is 61.2 Å². The lowest BCUT2D eigenvalue weighted by Crippen LogP contribution is -2.27. The number of anilines is 1. The van der Waals surface area contributed by atoms with Crippen molar-refractivity contribution in [3.63, 3.8) is 0 Å². The van der Waals surface area contributed by atoms with Gasteiger partial charge < -0.3 is 15.2 Å². The van der Waals surface area contributed by atoms with Crippen molar-refractivity contribution in [3.05, 3.63) is 65.0 Å². The van der Waals surface area contributed by atoms with Crippen molar-refractivity contribution in [1.29, 1.82) is 0 Å². The molecule has 0 radical (unpaired) electrons. The number of aryl methyl sites for hydroxylation is 2. The van der Waals surface area contributed by atoms with Crippen molar-refractivity contribution in [1.82, 2.24) is 14.9 Å². The molecule has 1 aliphatic heterocycles. The molecule has 6 heteroatoms. The Balaban J connectivity index is 1.50. The lowest BCUT2D eigenvalue weighted by Gasteiger charge is -2.23. The van der Waals surface area contributed by atoms with E-state index in [4.69, 9.17) is 0 Å². The molecule has 0 saturated heterocycles. The van der Waals surface area contributed by atoms with Crippen LogP contribution in [-0.4, -0.2) is 33.7 Å². The van der Waals surface area contributed by atoms with E-state index in [-0.39, 0.29) is 17.9 Å². The van der Waals surface area contributed by atoms with Crippen molar-refractivity contribution < 1.29 is 9.59 Å². The Labute approximate surface area is 169 Å². The molecule has 2 amide bonds. The first kappa shape index (κ1) is 18.9. The van der Waals surface area contributed by atoms with E-state index in [1.54, 1.807) is 23.2 Å². The molecular weight excluding hydrogens is 364 g/mol. The number of rotatable bonds is 4. The number of hydrogen-bond donors (Lipinski definition) is 2. The second kappa shape index (κ2) is 7.54. The van der Waals surface area contributed by atoms with E-state index in [1.165, 1.54) is 5.56 Å². The van der Waals surface area contributed by atoms with Crippen LogP contribution in [0.4, 0.5) is 5.82 Å². The number of fused-ring (bicyclic) bond motifs is 2. The number of aromatic amines is 1. The minimum atomic E-state index is -0.0782. The fourth-order valence-electron chi connectivity index (χ4n) is 3.65. The minimum absolute atomic E-state index is 0.00782. The average molecular weight is 388 g/mol. The molecule has 1 unspecified atom stereocenters. The van der Waals surface area contributed by atoms with Gasteiger partial charge in [-0.25, -0.2) is 4.98 Å². The number of pyridine rings is 1. The van der Waals surface area contributed by atoms with Gasteiger partial charge in [0.25, 0.3) is 0 Å². The molecule has 2 aromatic heterocycles. The van der Waals surface area contributed by atoms with Gasteiger partial charge in [0.05, 0.1) is 6.04 Å². The van der Waals surface area contributed by atoms with Gasteiger partial charge >= 0.3 is 0 Å². The highest BCUT2D eigenvalue weighted by Crippen LogP contribution is 2.28. The van der Waals surface area contributed by atoms with E-state index >= 15 is 0 Å². The molecule has 148 valence electrons. The molecule has 1 aromatic carbocycles. The highest BCUT2D eigenvalue weighted by atomic mass is 16.2. The number of carbonyl (C=O) groups excluding carboxylic acids is 2. The van der Waals surface area contributed by atoms with Crippen LogP contribution in [0.25, 0.3) is 17.0 Å². The third-order valence-corrected chi connectivity index (χ3v) is 5.53.